The molecule has 0 unspecified atom stereocenters. The van der Waals surface area contributed by atoms with Crippen molar-refractivity contribution in [3.63, 3.8) is 0 Å². The van der Waals surface area contributed by atoms with E-state index in [1.165, 1.54) is 0 Å². The van der Waals surface area contributed by atoms with E-state index in [2.05, 4.69) is 27.4 Å². The minimum atomic E-state index is 0.478. The van der Waals surface area contributed by atoms with Crippen molar-refractivity contribution in [1.29, 1.82) is 0 Å². The van der Waals surface area contributed by atoms with Gasteiger partial charge in [0.25, 0.3) is 0 Å². The van der Waals surface area contributed by atoms with E-state index in [9.17, 15) is 0 Å². The van der Waals surface area contributed by atoms with Crippen LogP contribution < -0.4 is 15.7 Å². The largest absolute Gasteiger partial charge is 0.358 e. The number of pyridine rings is 1. The SMILES string of the molecule is C=CCNC(=S)NN=Cc1ccc[nH+]c1. The lowest BCUT2D eigenvalue weighted by Gasteiger charge is -2.02. The van der Waals surface area contributed by atoms with Crippen LogP contribution in [0.1, 0.15) is 5.56 Å². The zero-order valence-corrected chi connectivity index (χ0v) is 9.05. The van der Waals surface area contributed by atoms with Crippen LogP contribution in [0.3, 0.4) is 0 Å². The van der Waals surface area contributed by atoms with Crippen LogP contribution in [-0.2, 0) is 0 Å². The van der Waals surface area contributed by atoms with E-state index in [1.54, 1.807) is 12.3 Å². The molecule has 0 aromatic carbocycles. The van der Waals surface area contributed by atoms with Crippen LogP contribution in [0.4, 0.5) is 0 Å². The predicted octanol–water partition coefficient (Wildman–Crippen LogP) is 0.485. The van der Waals surface area contributed by atoms with Crippen LogP contribution in [0.2, 0.25) is 0 Å². The molecule has 0 radical (unpaired) electrons. The second kappa shape index (κ2) is 6.67. The number of nitrogens with one attached hydrogen (secondary N) is 3. The third kappa shape index (κ3) is 4.87. The number of hydrazone groups is 1. The molecule has 0 aliphatic heterocycles. The van der Waals surface area contributed by atoms with Gasteiger partial charge in [-0.05, 0) is 18.3 Å². The highest BCUT2D eigenvalue weighted by molar-refractivity contribution is 7.80. The Morgan fingerprint density at radius 2 is 2.53 bits per heavy atom. The van der Waals surface area contributed by atoms with Gasteiger partial charge in [-0.1, -0.05) is 6.08 Å². The van der Waals surface area contributed by atoms with E-state index in [4.69, 9.17) is 12.2 Å². The van der Waals surface area contributed by atoms with E-state index < -0.39 is 0 Å². The lowest BCUT2D eigenvalue weighted by molar-refractivity contribution is -0.378. The summed E-state index contributed by atoms with van der Waals surface area (Å²) in [6, 6.07) is 3.83. The molecule has 15 heavy (non-hydrogen) atoms. The molecular weight excluding hydrogens is 208 g/mol. The van der Waals surface area contributed by atoms with Crippen LogP contribution in [0.5, 0.6) is 0 Å². The number of nitrogens with zero attached hydrogens (tertiary/aromatic N) is 1. The number of hydrogen-bond donors (Lipinski definition) is 2. The molecule has 1 aromatic rings. The molecule has 0 saturated carbocycles. The van der Waals surface area contributed by atoms with Crippen molar-refractivity contribution < 1.29 is 4.98 Å². The van der Waals surface area contributed by atoms with Crippen LogP contribution >= 0.6 is 12.2 Å². The Bertz CT molecular complexity index is 348. The lowest BCUT2D eigenvalue weighted by atomic mass is 10.3. The maximum atomic E-state index is 4.94. The molecule has 78 valence electrons. The molecule has 0 saturated heterocycles. The Labute approximate surface area is 94.1 Å². The molecule has 0 bridgehead atoms. The molecule has 0 amide bonds. The van der Waals surface area contributed by atoms with Gasteiger partial charge in [0.05, 0.1) is 11.8 Å². The fraction of sp³-hybridized carbons (Fsp3) is 0.100. The van der Waals surface area contributed by atoms with Crippen LogP contribution in [0.15, 0.2) is 42.3 Å². The molecule has 0 aliphatic carbocycles. The summed E-state index contributed by atoms with van der Waals surface area (Å²) in [6.45, 7) is 4.19. The highest BCUT2D eigenvalue weighted by Crippen LogP contribution is 1.86. The highest BCUT2D eigenvalue weighted by atomic mass is 32.1. The van der Waals surface area contributed by atoms with E-state index >= 15 is 0 Å². The zero-order valence-electron chi connectivity index (χ0n) is 8.23. The Kier molecular flexibility index (Phi) is 5.03. The smallest absolute Gasteiger partial charge is 0.187 e. The van der Waals surface area contributed by atoms with Crippen molar-refractivity contribution in [2.75, 3.05) is 6.54 Å². The normalized spacial score (nSPS) is 9.87. The zero-order chi connectivity index (χ0) is 10.9. The van der Waals surface area contributed by atoms with E-state index in [-0.39, 0.29) is 0 Å². The third-order valence-corrected chi connectivity index (χ3v) is 1.75. The highest BCUT2D eigenvalue weighted by Gasteiger charge is 1.90. The van der Waals surface area contributed by atoms with Crippen molar-refractivity contribution in [3.05, 3.63) is 42.7 Å². The summed E-state index contributed by atoms with van der Waals surface area (Å²) in [4.78, 5) is 2.95. The Hall–Kier alpha value is -1.75. The molecule has 3 N–H and O–H groups in total. The van der Waals surface area contributed by atoms with E-state index in [0.29, 0.717) is 11.7 Å². The van der Waals surface area contributed by atoms with E-state index in [0.717, 1.165) is 5.56 Å². The molecule has 5 heteroatoms. The molecule has 1 rings (SSSR count). The lowest BCUT2D eigenvalue weighted by Crippen LogP contribution is -2.31. The second-order valence-corrected chi connectivity index (χ2v) is 3.11. The topological polar surface area (TPSA) is 50.6 Å². The van der Waals surface area contributed by atoms with E-state index in [1.807, 2.05) is 24.5 Å². The van der Waals surface area contributed by atoms with Crippen molar-refractivity contribution in [2.45, 2.75) is 0 Å². The fourth-order valence-corrected chi connectivity index (χ4v) is 0.993. The minimum Gasteiger partial charge on any atom is -0.358 e. The Morgan fingerprint density at radius 3 is 3.20 bits per heavy atom. The van der Waals surface area contributed by atoms with Gasteiger partial charge in [0, 0.05) is 12.6 Å². The van der Waals surface area contributed by atoms with Gasteiger partial charge >= 0.3 is 0 Å². The fourth-order valence-electron chi connectivity index (χ4n) is 0.857. The summed E-state index contributed by atoms with van der Waals surface area (Å²) in [5.41, 5.74) is 3.66. The molecule has 0 fully saturated rings. The van der Waals surface area contributed by atoms with Gasteiger partial charge in [-0.25, -0.2) is 4.98 Å². The Morgan fingerprint density at radius 1 is 1.67 bits per heavy atom. The average molecular weight is 221 g/mol. The van der Waals surface area contributed by atoms with Crippen LogP contribution in [0, 0.1) is 0 Å². The average Bonchev–Trinajstić information content (AvgIpc) is 2.28. The van der Waals surface area contributed by atoms with Crippen molar-refractivity contribution in [3.8, 4) is 0 Å². The quantitative estimate of drug-likeness (QED) is 0.337. The number of hydrogen-bond acceptors (Lipinski definition) is 2. The maximum Gasteiger partial charge on any atom is 0.187 e. The van der Waals surface area contributed by atoms with Gasteiger partial charge in [0.2, 0.25) is 0 Å². The molecule has 1 heterocycles. The van der Waals surface area contributed by atoms with Gasteiger partial charge < -0.3 is 5.32 Å². The molecule has 0 spiro atoms. The van der Waals surface area contributed by atoms with Gasteiger partial charge in [0.1, 0.15) is 0 Å². The van der Waals surface area contributed by atoms with Crippen LogP contribution in [-0.4, -0.2) is 17.9 Å². The molecule has 1 aromatic heterocycles. The minimum absolute atomic E-state index is 0.478. The van der Waals surface area contributed by atoms with Crippen LogP contribution in [0.25, 0.3) is 0 Å². The first-order valence-electron chi connectivity index (χ1n) is 4.47. The molecule has 0 atom stereocenters. The molecule has 0 aliphatic rings. The predicted molar refractivity (Wildman–Crippen MR) is 64.5 cm³/mol. The summed E-state index contributed by atoms with van der Waals surface area (Å²) < 4.78 is 0. The maximum absolute atomic E-state index is 4.94. The third-order valence-electron chi connectivity index (χ3n) is 1.52. The number of thiocarbonyl (C=S) groups is 1. The van der Waals surface area contributed by atoms with Gasteiger partial charge in [-0.2, -0.15) is 5.10 Å². The van der Waals surface area contributed by atoms with Gasteiger partial charge in [-0.3, -0.25) is 5.43 Å². The molecule has 4 nitrogen and oxygen atoms in total. The van der Waals surface area contributed by atoms with Crippen molar-refractivity contribution >= 4 is 23.5 Å². The number of H-pyrrole nitrogens is 1. The Balaban J connectivity index is 2.33. The summed E-state index contributed by atoms with van der Waals surface area (Å²) in [6.07, 6.45) is 7.08. The summed E-state index contributed by atoms with van der Waals surface area (Å²) in [5.74, 6) is 0. The summed E-state index contributed by atoms with van der Waals surface area (Å²) in [5, 5.41) is 7.34. The first-order chi connectivity index (χ1) is 7.33. The summed E-state index contributed by atoms with van der Waals surface area (Å²) in [7, 11) is 0. The van der Waals surface area contributed by atoms with Crippen molar-refractivity contribution in [1.82, 2.24) is 10.7 Å². The molecular formula is C10H13N4S+. The first-order valence-corrected chi connectivity index (χ1v) is 4.87. The summed E-state index contributed by atoms with van der Waals surface area (Å²) >= 11 is 4.94. The number of aromatic nitrogens is 1. The number of rotatable bonds is 4. The monoisotopic (exact) mass is 221 g/mol. The first kappa shape index (κ1) is 11.3. The van der Waals surface area contributed by atoms with Gasteiger partial charge in [-0.15, -0.1) is 6.58 Å². The standard InChI is InChI=1S/C10H12N4S/c1-2-5-12-10(15)14-13-8-9-4-3-6-11-7-9/h2-4,6-8H,1,5H2,(H2,12,14,15)/p+1. The second-order valence-electron chi connectivity index (χ2n) is 2.71. The van der Waals surface area contributed by atoms with Gasteiger partial charge in [0.15, 0.2) is 17.5 Å². The van der Waals surface area contributed by atoms with Crippen molar-refractivity contribution in [2.24, 2.45) is 5.10 Å². The number of aromatic amines is 1.